The van der Waals surface area contributed by atoms with Crippen LogP contribution in [0.4, 0.5) is 0 Å². The van der Waals surface area contributed by atoms with Gasteiger partial charge in [-0.2, -0.15) is 0 Å². The summed E-state index contributed by atoms with van der Waals surface area (Å²) >= 11 is 0. The van der Waals surface area contributed by atoms with E-state index in [0.29, 0.717) is 12.8 Å². The van der Waals surface area contributed by atoms with Crippen molar-refractivity contribution < 1.29 is 14.9 Å². The molecule has 0 saturated carbocycles. The molecule has 2 atom stereocenters. The number of methoxy groups -OCH3 is 1. The van der Waals surface area contributed by atoms with Crippen LogP contribution in [0.2, 0.25) is 0 Å². The molecule has 0 aromatic heterocycles. The van der Waals surface area contributed by atoms with E-state index in [2.05, 4.69) is 0 Å². The fourth-order valence-corrected chi connectivity index (χ4v) is 1.13. The van der Waals surface area contributed by atoms with E-state index in [-0.39, 0.29) is 5.60 Å². The summed E-state index contributed by atoms with van der Waals surface area (Å²) in [6.45, 7) is 7.48. The molecule has 0 aliphatic heterocycles. The third-order valence-electron chi connectivity index (χ3n) is 3.01. The highest BCUT2D eigenvalue weighted by atomic mass is 16.5. The van der Waals surface area contributed by atoms with Crippen LogP contribution < -0.4 is 0 Å². The van der Waals surface area contributed by atoms with Crippen LogP contribution in [0.5, 0.6) is 0 Å². The maximum atomic E-state index is 9.77. The van der Waals surface area contributed by atoms with Crippen LogP contribution in [0.25, 0.3) is 0 Å². The molecule has 0 spiro atoms. The first-order chi connectivity index (χ1) is 6.25. The maximum absolute atomic E-state index is 9.77. The second-order valence-corrected chi connectivity index (χ2v) is 4.73. The smallest absolute Gasteiger partial charge is 0.0874 e. The Bertz CT molecular complexity index is 164. The Morgan fingerprint density at radius 2 is 1.79 bits per heavy atom. The lowest BCUT2D eigenvalue weighted by molar-refractivity contribution is -0.0789. The van der Waals surface area contributed by atoms with Gasteiger partial charge in [-0.05, 0) is 40.0 Å². The zero-order chi connectivity index (χ0) is 11.4. The fourth-order valence-electron chi connectivity index (χ4n) is 1.13. The van der Waals surface area contributed by atoms with Crippen LogP contribution in [0.15, 0.2) is 0 Å². The van der Waals surface area contributed by atoms with E-state index in [1.54, 1.807) is 14.0 Å². The van der Waals surface area contributed by atoms with Gasteiger partial charge in [-0.25, -0.2) is 0 Å². The SMILES string of the molecule is CCC(C)(O)C(O)CCC(C)(C)OC. The number of rotatable bonds is 6. The van der Waals surface area contributed by atoms with Crippen molar-refractivity contribution in [2.45, 2.75) is 64.3 Å². The van der Waals surface area contributed by atoms with Crippen molar-refractivity contribution >= 4 is 0 Å². The molecule has 3 heteroatoms. The minimum Gasteiger partial charge on any atom is -0.390 e. The molecule has 0 rings (SSSR count). The molecular weight excluding hydrogens is 180 g/mol. The van der Waals surface area contributed by atoms with Gasteiger partial charge in [0.2, 0.25) is 0 Å². The summed E-state index contributed by atoms with van der Waals surface area (Å²) in [5.41, 5.74) is -1.21. The highest BCUT2D eigenvalue weighted by molar-refractivity contribution is 4.82. The highest BCUT2D eigenvalue weighted by Gasteiger charge is 2.29. The van der Waals surface area contributed by atoms with Gasteiger partial charge < -0.3 is 14.9 Å². The summed E-state index contributed by atoms with van der Waals surface area (Å²) in [6, 6.07) is 0. The van der Waals surface area contributed by atoms with Crippen LogP contribution in [-0.2, 0) is 4.74 Å². The van der Waals surface area contributed by atoms with Gasteiger partial charge in [0.05, 0.1) is 17.3 Å². The maximum Gasteiger partial charge on any atom is 0.0874 e. The third-order valence-corrected chi connectivity index (χ3v) is 3.01. The van der Waals surface area contributed by atoms with Crippen molar-refractivity contribution in [1.82, 2.24) is 0 Å². The average Bonchev–Trinajstić information content (AvgIpc) is 2.14. The Morgan fingerprint density at radius 3 is 2.14 bits per heavy atom. The van der Waals surface area contributed by atoms with E-state index in [0.717, 1.165) is 6.42 Å². The van der Waals surface area contributed by atoms with Gasteiger partial charge in [-0.3, -0.25) is 0 Å². The molecular formula is C11H24O3. The van der Waals surface area contributed by atoms with E-state index in [1.165, 1.54) is 0 Å². The molecule has 0 aliphatic rings. The van der Waals surface area contributed by atoms with Crippen LogP contribution >= 0.6 is 0 Å². The molecule has 3 nitrogen and oxygen atoms in total. The molecule has 0 fully saturated rings. The Labute approximate surface area is 87.1 Å². The van der Waals surface area contributed by atoms with E-state index < -0.39 is 11.7 Å². The van der Waals surface area contributed by atoms with Gasteiger partial charge in [-0.1, -0.05) is 6.92 Å². The minimum absolute atomic E-state index is 0.231. The number of aliphatic hydroxyl groups excluding tert-OH is 1. The van der Waals surface area contributed by atoms with E-state index in [1.807, 2.05) is 20.8 Å². The number of hydrogen-bond donors (Lipinski definition) is 2. The highest BCUT2D eigenvalue weighted by Crippen LogP contribution is 2.23. The molecule has 0 aromatic carbocycles. The molecule has 86 valence electrons. The van der Waals surface area contributed by atoms with Crippen LogP contribution in [0, 0.1) is 0 Å². The van der Waals surface area contributed by atoms with Gasteiger partial charge in [0.15, 0.2) is 0 Å². The van der Waals surface area contributed by atoms with Crippen molar-refractivity contribution in [3.05, 3.63) is 0 Å². The molecule has 2 unspecified atom stereocenters. The number of aliphatic hydroxyl groups is 2. The summed E-state index contributed by atoms with van der Waals surface area (Å²) in [5.74, 6) is 0. The first-order valence-electron chi connectivity index (χ1n) is 5.21. The predicted molar refractivity (Wildman–Crippen MR) is 57.2 cm³/mol. The number of hydrogen-bond acceptors (Lipinski definition) is 3. The Balaban J connectivity index is 4.02. The lowest BCUT2D eigenvalue weighted by Crippen LogP contribution is -2.39. The van der Waals surface area contributed by atoms with Crippen molar-refractivity contribution in [2.24, 2.45) is 0 Å². The van der Waals surface area contributed by atoms with Gasteiger partial charge in [0.25, 0.3) is 0 Å². The molecule has 2 N–H and O–H groups in total. The second-order valence-electron chi connectivity index (χ2n) is 4.73. The summed E-state index contributed by atoms with van der Waals surface area (Å²) in [5, 5.41) is 19.5. The quantitative estimate of drug-likeness (QED) is 0.692. The van der Waals surface area contributed by atoms with Gasteiger partial charge in [-0.15, -0.1) is 0 Å². The molecule has 0 aromatic rings. The molecule has 0 heterocycles. The zero-order valence-corrected chi connectivity index (χ0v) is 10.0. The monoisotopic (exact) mass is 204 g/mol. The molecule has 0 bridgehead atoms. The topological polar surface area (TPSA) is 49.7 Å². The Kier molecular flexibility index (Phi) is 5.06. The summed E-state index contributed by atoms with van der Waals surface area (Å²) < 4.78 is 5.24. The Morgan fingerprint density at radius 1 is 1.29 bits per heavy atom. The van der Waals surface area contributed by atoms with Gasteiger partial charge in [0.1, 0.15) is 0 Å². The van der Waals surface area contributed by atoms with Gasteiger partial charge in [0, 0.05) is 7.11 Å². The zero-order valence-electron chi connectivity index (χ0n) is 10.0. The minimum atomic E-state index is -0.982. The standard InChI is InChI=1S/C11H24O3/c1-6-11(4,13)9(12)7-8-10(2,3)14-5/h9,12-13H,6-8H2,1-5H3. The van der Waals surface area contributed by atoms with Gasteiger partial charge >= 0.3 is 0 Å². The Hall–Kier alpha value is -0.120. The molecule has 0 saturated heterocycles. The second kappa shape index (κ2) is 5.10. The van der Waals surface area contributed by atoms with Crippen LogP contribution in [0.3, 0.4) is 0 Å². The van der Waals surface area contributed by atoms with E-state index in [9.17, 15) is 10.2 Å². The average molecular weight is 204 g/mol. The van der Waals surface area contributed by atoms with Crippen LogP contribution in [0.1, 0.15) is 47.0 Å². The first-order valence-corrected chi connectivity index (χ1v) is 5.21. The summed E-state index contributed by atoms with van der Waals surface area (Å²) in [7, 11) is 1.66. The normalized spacial score (nSPS) is 19.1. The van der Waals surface area contributed by atoms with E-state index in [4.69, 9.17) is 4.74 Å². The van der Waals surface area contributed by atoms with E-state index >= 15 is 0 Å². The molecule has 0 radical (unpaired) electrons. The van der Waals surface area contributed by atoms with Crippen molar-refractivity contribution in [2.75, 3.05) is 7.11 Å². The molecule has 0 amide bonds. The van der Waals surface area contributed by atoms with Crippen molar-refractivity contribution in [3.8, 4) is 0 Å². The summed E-state index contributed by atoms with van der Waals surface area (Å²) in [6.07, 6.45) is 1.17. The predicted octanol–water partition coefficient (Wildman–Crippen LogP) is 1.71. The molecule has 0 aliphatic carbocycles. The van der Waals surface area contributed by atoms with Crippen molar-refractivity contribution in [1.29, 1.82) is 0 Å². The third kappa shape index (κ3) is 4.40. The van der Waals surface area contributed by atoms with Crippen molar-refractivity contribution in [3.63, 3.8) is 0 Å². The largest absolute Gasteiger partial charge is 0.390 e. The first kappa shape index (κ1) is 13.9. The number of ether oxygens (including phenoxy) is 1. The lowest BCUT2D eigenvalue weighted by atomic mass is 9.89. The lowest BCUT2D eigenvalue weighted by Gasteiger charge is -2.31. The van der Waals surface area contributed by atoms with Crippen LogP contribution in [-0.4, -0.2) is 34.6 Å². The fraction of sp³-hybridized carbons (Fsp3) is 1.00. The molecule has 14 heavy (non-hydrogen) atoms. The summed E-state index contributed by atoms with van der Waals surface area (Å²) in [4.78, 5) is 0.